The Morgan fingerprint density at radius 1 is 1.31 bits per heavy atom. The number of carbonyl (C=O) groups is 1. The molecule has 0 bridgehead atoms. The zero-order valence-corrected chi connectivity index (χ0v) is 9.40. The van der Waals surface area contributed by atoms with Gasteiger partial charge in [0.1, 0.15) is 0 Å². The first-order valence-electron chi connectivity index (χ1n) is 5.02. The van der Waals surface area contributed by atoms with Crippen LogP contribution in [0.1, 0.15) is 6.42 Å². The van der Waals surface area contributed by atoms with Crippen LogP contribution in [0.4, 0.5) is 8.78 Å². The second-order valence-corrected chi connectivity index (χ2v) is 4.65. The van der Waals surface area contributed by atoms with Gasteiger partial charge in [0.2, 0.25) is 5.91 Å². The van der Waals surface area contributed by atoms with E-state index in [0.29, 0.717) is 4.90 Å². The first-order chi connectivity index (χ1) is 7.66. The number of thioether (sulfide) groups is 1. The van der Waals surface area contributed by atoms with Crippen LogP contribution in [0.3, 0.4) is 0 Å². The minimum absolute atomic E-state index is 0.0565. The Hall–Kier alpha value is -1.10. The van der Waals surface area contributed by atoms with Crippen molar-refractivity contribution < 1.29 is 13.6 Å². The van der Waals surface area contributed by atoms with Gasteiger partial charge in [0.05, 0.1) is 5.75 Å². The minimum Gasteiger partial charge on any atom is -0.342 e. The summed E-state index contributed by atoms with van der Waals surface area (Å²) in [5, 5.41) is 0. The maximum atomic E-state index is 12.9. The van der Waals surface area contributed by atoms with Crippen molar-refractivity contribution in [3.8, 4) is 0 Å². The number of halogens is 2. The maximum absolute atomic E-state index is 12.9. The highest BCUT2D eigenvalue weighted by atomic mass is 32.2. The van der Waals surface area contributed by atoms with Crippen LogP contribution in [0.2, 0.25) is 0 Å². The summed E-state index contributed by atoms with van der Waals surface area (Å²) in [5.74, 6) is -1.40. The molecule has 86 valence electrons. The van der Waals surface area contributed by atoms with Gasteiger partial charge in [-0.2, -0.15) is 0 Å². The molecule has 1 aliphatic rings. The number of likely N-dealkylation sites (tertiary alicyclic amines) is 1. The van der Waals surface area contributed by atoms with E-state index in [1.165, 1.54) is 17.8 Å². The number of amides is 1. The molecule has 1 aromatic carbocycles. The Balaban J connectivity index is 1.89. The van der Waals surface area contributed by atoms with Crippen LogP contribution < -0.4 is 0 Å². The van der Waals surface area contributed by atoms with Gasteiger partial charge in [0, 0.05) is 18.0 Å². The van der Waals surface area contributed by atoms with Crippen LogP contribution in [0, 0.1) is 11.6 Å². The van der Waals surface area contributed by atoms with Crippen molar-refractivity contribution in [2.75, 3.05) is 18.8 Å². The Labute approximate surface area is 96.6 Å². The van der Waals surface area contributed by atoms with E-state index in [1.54, 1.807) is 4.90 Å². The van der Waals surface area contributed by atoms with Gasteiger partial charge in [-0.15, -0.1) is 11.8 Å². The Bertz CT molecular complexity index is 407. The maximum Gasteiger partial charge on any atom is 0.232 e. The molecule has 2 rings (SSSR count). The third-order valence-corrected chi connectivity index (χ3v) is 3.44. The smallest absolute Gasteiger partial charge is 0.232 e. The molecular weight excluding hydrogens is 232 g/mol. The summed E-state index contributed by atoms with van der Waals surface area (Å²) in [6.07, 6.45) is 1.06. The zero-order chi connectivity index (χ0) is 11.5. The Morgan fingerprint density at radius 3 is 2.62 bits per heavy atom. The van der Waals surface area contributed by atoms with Crippen LogP contribution >= 0.6 is 11.8 Å². The van der Waals surface area contributed by atoms with E-state index in [-0.39, 0.29) is 11.7 Å². The summed E-state index contributed by atoms with van der Waals surface area (Å²) >= 11 is 1.23. The molecule has 1 saturated heterocycles. The summed E-state index contributed by atoms with van der Waals surface area (Å²) < 4.78 is 25.5. The molecule has 0 saturated carbocycles. The van der Waals surface area contributed by atoms with Gasteiger partial charge in [-0.25, -0.2) is 8.78 Å². The van der Waals surface area contributed by atoms with E-state index in [0.717, 1.165) is 31.6 Å². The molecule has 0 aliphatic carbocycles. The van der Waals surface area contributed by atoms with Crippen molar-refractivity contribution >= 4 is 17.7 Å². The fourth-order valence-electron chi connectivity index (χ4n) is 1.37. The van der Waals surface area contributed by atoms with Crippen molar-refractivity contribution in [2.45, 2.75) is 11.3 Å². The molecule has 0 aromatic heterocycles. The lowest BCUT2D eigenvalue weighted by Crippen LogP contribution is -2.42. The number of rotatable bonds is 3. The van der Waals surface area contributed by atoms with Crippen molar-refractivity contribution in [3.63, 3.8) is 0 Å². The third-order valence-electron chi connectivity index (χ3n) is 2.46. The van der Waals surface area contributed by atoms with E-state index in [1.807, 2.05) is 0 Å². The number of benzene rings is 1. The fourth-order valence-corrected chi connectivity index (χ4v) is 2.19. The zero-order valence-electron chi connectivity index (χ0n) is 8.58. The molecule has 5 heteroatoms. The lowest BCUT2D eigenvalue weighted by Gasteiger charge is -2.30. The van der Waals surface area contributed by atoms with Gasteiger partial charge in [-0.1, -0.05) is 0 Å². The van der Waals surface area contributed by atoms with Crippen LogP contribution in [-0.2, 0) is 4.79 Å². The Kier molecular flexibility index (Phi) is 3.43. The van der Waals surface area contributed by atoms with Gasteiger partial charge in [0.15, 0.2) is 11.6 Å². The quantitative estimate of drug-likeness (QED) is 0.759. The number of nitrogens with zero attached hydrogens (tertiary/aromatic N) is 1. The first-order valence-corrected chi connectivity index (χ1v) is 6.01. The topological polar surface area (TPSA) is 20.3 Å². The normalized spacial score (nSPS) is 14.8. The molecule has 0 radical (unpaired) electrons. The van der Waals surface area contributed by atoms with E-state index in [4.69, 9.17) is 0 Å². The average molecular weight is 243 g/mol. The number of hydrogen-bond donors (Lipinski definition) is 0. The molecule has 1 amide bonds. The molecule has 0 N–H and O–H groups in total. The van der Waals surface area contributed by atoms with E-state index in [2.05, 4.69) is 0 Å². The highest BCUT2D eigenvalue weighted by Gasteiger charge is 2.19. The second-order valence-electron chi connectivity index (χ2n) is 3.60. The predicted octanol–water partition coefficient (Wildman–Crippen LogP) is 2.29. The molecular formula is C11H11F2NOS. The molecule has 1 heterocycles. The van der Waals surface area contributed by atoms with Crippen molar-refractivity contribution in [1.82, 2.24) is 4.90 Å². The summed E-state index contributed by atoms with van der Waals surface area (Å²) in [7, 11) is 0. The minimum atomic E-state index is -0.874. The van der Waals surface area contributed by atoms with Crippen molar-refractivity contribution in [3.05, 3.63) is 29.8 Å². The lowest BCUT2D eigenvalue weighted by atomic mass is 10.2. The molecule has 1 aliphatic heterocycles. The lowest BCUT2D eigenvalue weighted by molar-refractivity contribution is -0.131. The van der Waals surface area contributed by atoms with Crippen molar-refractivity contribution in [2.24, 2.45) is 0 Å². The summed E-state index contributed by atoms with van der Waals surface area (Å²) in [5.41, 5.74) is 0. The highest BCUT2D eigenvalue weighted by Crippen LogP contribution is 2.21. The third kappa shape index (κ3) is 2.52. The molecule has 0 unspecified atom stereocenters. The van der Waals surface area contributed by atoms with Gasteiger partial charge < -0.3 is 4.90 Å². The van der Waals surface area contributed by atoms with Crippen LogP contribution in [0.15, 0.2) is 23.1 Å². The summed E-state index contributed by atoms with van der Waals surface area (Å²) in [6.45, 7) is 1.63. The van der Waals surface area contributed by atoms with Gasteiger partial charge in [0.25, 0.3) is 0 Å². The predicted molar refractivity (Wildman–Crippen MR) is 58.3 cm³/mol. The molecule has 0 spiro atoms. The molecule has 1 aromatic rings. The standard InChI is InChI=1S/C11H11F2NOS/c12-9-3-2-8(6-10(9)13)16-7-11(15)14-4-1-5-14/h2-3,6H,1,4-5,7H2. The van der Waals surface area contributed by atoms with Crippen molar-refractivity contribution in [1.29, 1.82) is 0 Å². The SMILES string of the molecule is O=C(CSc1ccc(F)c(F)c1)N1CCC1. The molecule has 16 heavy (non-hydrogen) atoms. The van der Waals surface area contributed by atoms with Gasteiger partial charge in [-0.05, 0) is 24.6 Å². The molecule has 0 atom stereocenters. The van der Waals surface area contributed by atoms with E-state index < -0.39 is 11.6 Å². The first kappa shape index (κ1) is 11.4. The second kappa shape index (κ2) is 4.82. The number of carbonyl (C=O) groups excluding carboxylic acids is 1. The van der Waals surface area contributed by atoms with Gasteiger partial charge >= 0.3 is 0 Å². The fraction of sp³-hybridized carbons (Fsp3) is 0.364. The van der Waals surface area contributed by atoms with Crippen LogP contribution in [0.5, 0.6) is 0 Å². The average Bonchev–Trinajstić information content (AvgIpc) is 2.17. The summed E-state index contributed by atoms with van der Waals surface area (Å²) in [6, 6.07) is 3.67. The van der Waals surface area contributed by atoms with E-state index >= 15 is 0 Å². The van der Waals surface area contributed by atoms with Crippen LogP contribution in [-0.4, -0.2) is 29.6 Å². The van der Waals surface area contributed by atoms with E-state index in [9.17, 15) is 13.6 Å². The summed E-state index contributed by atoms with van der Waals surface area (Å²) in [4.78, 5) is 13.8. The largest absolute Gasteiger partial charge is 0.342 e. The monoisotopic (exact) mass is 243 g/mol. The van der Waals surface area contributed by atoms with Gasteiger partial charge in [-0.3, -0.25) is 4.79 Å². The molecule has 1 fully saturated rings. The van der Waals surface area contributed by atoms with Crippen LogP contribution in [0.25, 0.3) is 0 Å². The number of hydrogen-bond acceptors (Lipinski definition) is 2. The highest BCUT2D eigenvalue weighted by molar-refractivity contribution is 8.00. The molecule has 2 nitrogen and oxygen atoms in total. The Morgan fingerprint density at radius 2 is 2.06 bits per heavy atom.